The van der Waals surface area contributed by atoms with E-state index in [9.17, 15) is 20.0 Å². The van der Waals surface area contributed by atoms with Crippen molar-refractivity contribution in [3.05, 3.63) is 60.2 Å². The number of nitriles is 1. The van der Waals surface area contributed by atoms with E-state index in [1.807, 2.05) is 13.0 Å². The van der Waals surface area contributed by atoms with Crippen molar-refractivity contribution < 1.29 is 9.90 Å². The zero-order valence-corrected chi connectivity index (χ0v) is 17.5. The fourth-order valence-corrected chi connectivity index (χ4v) is 4.78. The first-order valence-electron chi connectivity index (χ1n) is 8.60. The molecule has 0 aliphatic carbocycles. The molecule has 2 aromatic heterocycles. The fourth-order valence-electron chi connectivity index (χ4n) is 3.04. The molecule has 3 rings (SSSR count). The average Bonchev–Trinajstić information content (AvgIpc) is 2.97. The minimum atomic E-state index is -0.600. The van der Waals surface area contributed by atoms with Gasteiger partial charge < -0.3 is 5.11 Å². The zero-order valence-electron chi connectivity index (χ0n) is 15.2. The molecule has 0 fully saturated rings. The third kappa shape index (κ3) is 3.30. The maximum absolute atomic E-state index is 13.3. The maximum Gasteiger partial charge on any atom is 0.271 e. The average molecular weight is 435 g/mol. The van der Waals surface area contributed by atoms with Crippen LogP contribution in [0, 0.1) is 18.3 Å². The Morgan fingerprint density at radius 2 is 2.07 bits per heavy atom. The third-order valence-electron chi connectivity index (χ3n) is 4.56. The predicted octanol–water partition coefficient (Wildman–Crippen LogP) is 5.29. The van der Waals surface area contributed by atoms with Crippen LogP contribution in [0.2, 0.25) is 10.0 Å². The van der Waals surface area contributed by atoms with Gasteiger partial charge in [-0.2, -0.15) is 5.26 Å². The number of benzene rings is 1. The lowest BCUT2D eigenvalue weighted by atomic mass is 10.0. The normalized spacial score (nSPS) is 11.0. The Balaban J connectivity index is 2.26. The number of halogens is 2. The Hall–Kier alpha value is -2.33. The second-order valence-electron chi connectivity index (χ2n) is 6.34. The lowest BCUT2D eigenvalue weighted by molar-refractivity contribution is 0.103. The maximum atomic E-state index is 13.3. The number of fused-ring (bicyclic) bond motifs is 1. The summed E-state index contributed by atoms with van der Waals surface area (Å²) >= 11 is 13.6. The van der Waals surface area contributed by atoms with Crippen LogP contribution in [0.25, 0.3) is 10.1 Å². The molecule has 0 unspecified atom stereocenters. The van der Waals surface area contributed by atoms with Gasteiger partial charge in [0.25, 0.3) is 5.56 Å². The second-order valence-corrected chi connectivity index (χ2v) is 8.20. The number of carbonyl (C=O) groups excluding carboxylic acids is 1. The van der Waals surface area contributed by atoms with Gasteiger partial charge in [-0.15, -0.1) is 11.3 Å². The first kappa shape index (κ1) is 20.4. The highest BCUT2D eigenvalue weighted by Gasteiger charge is 2.28. The summed E-state index contributed by atoms with van der Waals surface area (Å²) in [7, 11) is 0. The molecule has 0 saturated carbocycles. The molecule has 28 heavy (non-hydrogen) atoms. The van der Waals surface area contributed by atoms with Crippen molar-refractivity contribution in [2.45, 2.75) is 33.2 Å². The molecule has 0 aliphatic rings. The molecule has 1 aromatic carbocycles. The summed E-state index contributed by atoms with van der Waals surface area (Å²) in [4.78, 5) is 26.0. The molecule has 3 aromatic rings. The van der Waals surface area contributed by atoms with Crippen LogP contribution < -0.4 is 5.56 Å². The van der Waals surface area contributed by atoms with E-state index in [-0.39, 0.29) is 33.1 Å². The van der Waals surface area contributed by atoms with E-state index in [2.05, 4.69) is 0 Å². The van der Waals surface area contributed by atoms with Gasteiger partial charge in [-0.25, -0.2) is 0 Å². The van der Waals surface area contributed by atoms with Crippen molar-refractivity contribution >= 4 is 50.4 Å². The number of aromatic nitrogens is 1. The van der Waals surface area contributed by atoms with Gasteiger partial charge in [0.05, 0.1) is 15.5 Å². The fraction of sp³-hybridized carbons (Fsp3) is 0.250. The number of aromatic hydroxyl groups is 1. The monoisotopic (exact) mass is 434 g/mol. The van der Waals surface area contributed by atoms with Crippen LogP contribution in [0.5, 0.6) is 5.88 Å². The van der Waals surface area contributed by atoms with Gasteiger partial charge in [-0.1, -0.05) is 42.6 Å². The van der Waals surface area contributed by atoms with E-state index in [1.54, 1.807) is 18.2 Å². The van der Waals surface area contributed by atoms with E-state index in [4.69, 9.17) is 23.2 Å². The smallest absolute Gasteiger partial charge is 0.271 e. The van der Waals surface area contributed by atoms with Crippen molar-refractivity contribution in [3.8, 4) is 11.9 Å². The predicted molar refractivity (Wildman–Crippen MR) is 112 cm³/mol. The Labute approximate surface area is 175 Å². The van der Waals surface area contributed by atoms with Crippen molar-refractivity contribution in [3.63, 3.8) is 0 Å². The summed E-state index contributed by atoms with van der Waals surface area (Å²) in [5.41, 5.74) is -0.685. The topological polar surface area (TPSA) is 83.1 Å². The molecular formula is C20H16Cl2N2O3S. The molecule has 0 bridgehead atoms. The number of hydrogen-bond acceptors (Lipinski definition) is 5. The van der Waals surface area contributed by atoms with Gasteiger partial charge in [0.15, 0.2) is 0 Å². The third-order valence-corrected chi connectivity index (χ3v) is 6.45. The lowest BCUT2D eigenvalue weighted by Gasteiger charge is -2.15. The number of carbonyl (C=O) groups is 1. The Morgan fingerprint density at radius 1 is 1.36 bits per heavy atom. The molecule has 8 heteroatoms. The number of unbranched alkanes of at least 4 members (excludes halogenated alkanes) is 1. The summed E-state index contributed by atoms with van der Waals surface area (Å²) in [6, 6.07) is 6.97. The quantitative estimate of drug-likeness (QED) is 0.553. The molecule has 2 heterocycles. The Morgan fingerprint density at radius 3 is 2.71 bits per heavy atom. The van der Waals surface area contributed by atoms with Crippen LogP contribution in [0.4, 0.5) is 0 Å². The Bertz CT molecular complexity index is 1210. The highest BCUT2D eigenvalue weighted by atomic mass is 35.5. The molecule has 0 amide bonds. The van der Waals surface area contributed by atoms with Crippen LogP contribution in [0.15, 0.2) is 23.0 Å². The van der Waals surface area contributed by atoms with E-state index in [0.717, 1.165) is 27.0 Å². The lowest BCUT2D eigenvalue weighted by Crippen LogP contribution is -2.26. The molecule has 0 spiro atoms. The minimum absolute atomic E-state index is 0.0770. The van der Waals surface area contributed by atoms with E-state index >= 15 is 0 Å². The van der Waals surface area contributed by atoms with E-state index in [1.165, 1.54) is 6.92 Å². The van der Waals surface area contributed by atoms with Crippen LogP contribution >= 0.6 is 34.5 Å². The summed E-state index contributed by atoms with van der Waals surface area (Å²) in [6.07, 6.45) is 1.41. The number of ketones is 1. The van der Waals surface area contributed by atoms with Crippen molar-refractivity contribution in [1.82, 2.24) is 4.57 Å². The summed E-state index contributed by atoms with van der Waals surface area (Å²) in [5, 5.41) is 21.6. The molecule has 0 aliphatic heterocycles. The van der Waals surface area contributed by atoms with Crippen LogP contribution in [0.1, 0.15) is 46.1 Å². The number of pyridine rings is 1. The highest BCUT2D eigenvalue weighted by Crippen LogP contribution is 2.39. The SMILES string of the molecule is CCCCn1c(O)c(C(=O)c2sc3cc(Cl)ccc3c2Cl)c(C)c(C#N)c1=O. The highest BCUT2D eigenvalue weighted by molar-refractivity contribution is 7.21. The van der Waals surface area contributed by atoms with Gasteiger partial charge >= 0.3 is 0 Å². The van der Waals surface area contributed by atoms with Gasteiger partial charge in [-0.3, -0.25) is 14.2 Å². The molecule has 0 atom stereocenters. The molecular weight excluding hydrogens is 419 g/mol. The van der Waals surface area contributed by atoms with Crippen molar-refractivity contribution in [2.75, 3.05) is 0 Å². The van der Waals surface area contributed by atoms with Gasteiger partial charge in [0.1, 0.15) is 11.6 Å². The first-order valence-corrected chi connectivity index (χ1v) is 10.2. The number of thiophene rings is 1. The van der Waals surface area contributed by atoms with Crippen molar-refractivity contribution in [1.29, 1.82) is 5.26 Å². The van der Waals surface area contributed by atoms with Crippen LogP contribution in [-0.4, -0.2) is 15.5 Å². The number of nitrogens with zero attached hydrogens (tertiary/aromatic N) is 2. The van der Waals surface area contributed by atoms with Gasteiger partial charge in [0.2, 0.25) is 11.7 Å². The van der Waals surface area contributed by atoms with Gasteiger partial charge in [-0.05, 0) is 31.0 Å². The molecule has 144 valence electrons. The Kier molecular flexibility index (Phi) is 5.80. The molecule has 0 radical (unpaired) electrons. The molecule has 1 N–H and O–H groups in total. The second kappa shape index (κ2) is 7.96. The summed E-state index contributed by atoms with van der Waals surface area (Å²) in [6.45, 7) is 3.64. The largest absolute Gasteiger partial charge is 0.494 e. The molecule has 0 saturated heterocycles. The van der Waals surface area contributed by atoms with Crippen molar-refractivity contribution in [2.24, 2.45) is 0 Å². The number of hydrogen-bond donors (Lipinski definition) is 1. The van der Waals surface area contributed by atoms with Gasteiger partial charge in [0, 0.05) is 21.7 Å². The molecule has 5 nitrogen and oxygen atoms in total. The standard InChI is InChI=1S/C20H16Cl2N2O3S/c1-3-4-7-24-19(26)13(9-23)10(2)15(20(24)27)17(25)18-16(22)12-6-5-11(21)8-14(12)28-18/h5-6,8,27H,3-4,7H2,1-2H3. The summed E-state index contributed by atoms with van der Waals surface area (Å²) in [5.74, 6) is -0.967. The van der Waals surface area contributed by atoms with Crippen LogP contribution in [0.3, 0.4) is 0 Å². The minimum Gasteiger partial charge on any atom is -0.494 e. The number of rotatable bonds is 5. The van der Waals surface area contributed by atoms with Crippen LogP contribution in [-0.2, 0) is 6.54 Å². The zero-order chi connectivity index (χ0) is 20.6. The first-order chi connectivity index (χ1) is 13.3. The van der Waals surface area contributed by atoms with E-state index < -0.39 is 17.2 Å². The summed E-state index contributed by atoms with van der Waals surface area (Å²) < 4.78 is 1.82. The van der Waals surface area contributed by atoms with E-state index in [0.29, 0.717) is 16.8 Å².